The minimum absolute atomic E-state index is 0.132. The molecule has 0 bridgehead atoms. The van der Waals surface area contributed by atoms with Gasteiger partial charge in [-0.05, 0) is 18.2 Å². The Labute approximate surface area is 101 Å². The Morgan fingerprint density at radius 2 is 1.94 bits per heavy atom. The maximum atomic E-state index is 11.9. The average molecular weight is 289 g/mol. The third-order valence-electron chi connectivity index (χ3n) is 1.74. The average Bonchev–Trinajstić information content (AvgIpc) is 2.15. The zero-order valence-corrected chi connectivity index (χ0v) is 9.94. The van der Waals surface area contributed by atoms with Gasteiger partial charge in [-0.15, -0.1) is 24.8 Å². The Bertz CT molecular complexity index is 485. The third-order valence-corrected chi connectivity index (χ3v) is 3.87. The fourth-order valence-electron chi connectivity index (χ4n) is 1.08. The van der Waals surface area contributed by atoms with Gasteiger partial charge in [0.15, 0.2) is 9.84 Å². The molecule has 17 heavy (non-hydrogen) atoms. The van der Waals surface area contributed by atoms with E-state index in [1.165, 1.54) is 12.1 Å². The number of benzene rings is 1. The Morgan fingerprint density at radius 1 is 1.29 bits per heavy atom. The Morgan fingerprint density at radius 3 is 2.47 bits per heavy atom. The van der Waals surface area contributed by atoms with Crippen LogP contribution in [0.2, 0.25) is 0 Å². The van der Waals surface area contributed by atoms with Crippen LogP contribution in [0, 0.1) is 0 Å². The van der Waals surface area contributed by atoms with Crippen molar-refractivity contribution in [2.75, 3.05) is 11.6 Å². The van der Waals surface area contributed by atoms with Crippen LogP contribution >= 0.6 is 11.6 Å². The summed E-state index contributed by atoms with van der Waals surface area (Å²) in [6.07, 6.45) is -4.85. The van der Waals surface area contributed by atoms with Crippen molar-refractivity contribution in [2.45, 2.75) is 11.3 Å². The SMILES string of the molecule is O=S(=O)(CCCl)c1cccc(OC(F)(F)F)c1. The summed E-state index contributed by atoms with van der Waals surface area (Å²) in [4.78, 5) is -0.250. The summed E-state index contributed by atoms with van der Waals surface area (Å²) < 4.78 is 62.5. The first-order chi connectivity index (χ1) is 7.74. The summed E-state index contributed by atoms with van der Waals surface area (Å²) in [5, 5.41) is 0. The van der Waals surface area contributed by atoms with Crippen LogP contribution in [-0.4, -0.2) is 26.4 Å². The first-order valence-electron chi connectivity index (χ1n) is 4.39. The molecule has 0 aliphatic heterocycles. The van der Waals surface area contributed by atoms with Gasteiger partial charge in [-0.25, -0.2) is 8.42 Å². The molecule has 0 aliphatic rings. The molecule has 0 N–H and O–H groups in total. The molecule has 3 nitrogen and oxygen atoms in total. The molecule has 8 heteroatoms. The lowest BCUT2D eigenvalue weighted by atomic mass is 10.3. The molecule has 0 saturated carbocycles. The van der Waals surface area contributed by atoms with Crippen molar-refractivity contribution < 1.29 is 26.3 Å². The van der Waals surface area contributed by atoms with Crippen LogP contribution in [-0.2, 0) is 9.84 Å². The van der Waals surface area contributed by atoms with Crippen LogP contribution in [0.5, 0.6) is 5.75 Å². The van der Waals surface area contributed by atoms with Crippen molar-refractivity contribution in [1.82, 2.24) is 0 Å². The molecule has 1 rings (SSSR count). The van der Waals surface area contributed by atoms with E-state index in [-0.39, 0.29) is 16.5 Å². The second kappa shape index (κ2) is 5.14. The largest absolute Gasteiger partial charge is 0.573 e. The first-order valence-corrected chi connectivity index (χ1v) is 6.58. The summed E-state index contributed by atoms with van der Waals surface area (Å²) in [5.74, 6) is -1.05. The quantitative estimate of drug-likeness (QED) is 0.800. The third kappa shape index (κ3) is 4.43. The molecular formula is C9H8ClF3O3S. The summed E-state index contributed by atoms with van der Waals surface area (Å²) in [6, 6.07) is 4.19. The summed E-state index contributed by atoms with van der Waals surface area (Å²) in [6.45, 7) is 0. The molecule has 0 aromatic heterocycles. The molecule has 0 saturated heterocycles. The molecule has 0 heterocycles. The molecule has 0 amide bonds. The second-order valence-electron chi connectivity index (χ2n) is 3.03. The molecule has 0 unspecified atom stereocenters. The van der Waals surface area contributed by atoms with Crippen molar-refractivity contribution in [3.8, 4) is 5.75 Å². The second-order valence-corrected chi connectivity index (χ2v) is 5.52. The lowest BCUT2D eigenvalue weighted by Gasteiger charge is -2.10. The number of hydrogen-bond acceptors (Lipinski definition) is 3. The van der Waals surface area contributed by atoms with Crippen LogP contribution in [0.3, 0.4) is 0 Å². The first kappa shape index (κ1) is 14.1. The highest BCUT2D eigenvalue weighted by Crippen LogP contribution is 2.25. The van der Waals surface area contributed by atoms with Gasteiger partial charge in [-0.2, -0.15) is 0 Å². The fourth-order valence-corrected chi connectivity index (χ4v) is 2.71. The summed E-state index contributed by atoms with van der Waals surface area (Å²) >= 11 is 5.29. The van der Waals surface area contributed by atoms with Crippen LogP contribution in [0.25, 0.3) is 0 Å². The van der Waals surface area contributed by atoms with Crippen molar-refractivity contribution in [3.05, 3.63) is 24.3 Å². The number of halogens is 4. The molecule has 96 valence electrons. The number of rotatable bonds is 4. The highest BCUT2D eigenvalue weighted by Gasteiger charge is 2.31. The zero-order valence-electron chi connectivity index (χ0n) is 8.37. The van der Waals surface area contributed by atoms with Gasteiger partial charge in [0.25, 0.3) is 0 Å². The van der Waals surface area contributed by atoms with Gasteiger partial charge in [0.05, 0.1) is 10.6 Å². The van der Waals surface area contributed by atoms with Gasteiger partial charge in [0, 0.05) is 5.88 Å². The minimum Gasteiger partial charge on any atom is -0.406 e. The van der Waals surface area contributed by atoms with Gasteiger partial charge in [-0.1, -0.05) is 6.07 Å². The number of alkyl halides is 4. The number of sulfone groups is 1. The molecule has 0 atom stereocenters. The van der Waals surface area contributed by atoms with E-state index in [1.807, 2.05) is 0 Å². The van der Waals surface area contributed by atoms with E-state index in [1.54, 1.807) is 0 Å². The van der Waals surface area contributed by atoms with E-state index in [0.29, 0.717) is 0 Å². The Kier molecular flexibility index (Phi) is 4.26. The highest BCUT2D eigenvalue weighted by molar-refractivity contribution is 7.91. The standard InChI is InChI=1S/C9H8ClF3O3S/c10-4-5-17(14,15)8-3-1-2-7(6-8)16-9(11,12)13/h1-3,6H,4-5H2. The van der Waals surface area contributed by atoms with Gasteiger partial charge in [0.1, 0.15) is 5.75 Å². The van der Waals surface area contributed by atoms with E-state index in [9.17, 15) is 21.6 Å². The lowest BCUT2D eigenvalue weighted by Crippen LogP contribution is -2.17. The zero-order chi connectivity index (χ0) is 13.1. The van der Waals surface area contributed by atoms with Crippen LogP contribution in [0.15, 0.2) is 29.2 Å². The van der Waals surface area contributed by atoms with E-state index < -0.39 is 21.9 Å². The lowest BCUT2D eigenvalue weighted by molar-refractivity contribution is -0.274. The summed E-state index contributed by atoms with van der Waals surface area (Å²) in [7, 11) is -3.67. The van der Waals surface area contributed by atoms with E-state index in [0.717, 1.165) is 12.1 Å². The summed E-state index contributed by atoms with van der Waals surface area (Å²) in [5.41, 5.74) is 0. The molecule has 0 spiro atoms. The topological polar surface area (TPSA) is 43.4 Å². The van der Waals surface area contributed by atoms with Crippen molar-refractivity contribution in [1.29, 1.82) is 0 Å². The van der Waals surface area contributed by atoms with Crippen LogP contribution < -0.4 is 4.74 Å². The van der Waals surface area contributed by atoms with Gasteiger partial charge in [-0.3, -0.25) is 0 Å². The smallest absolute Gasteiger partial charge is 0.406 e. The Balaban J connectivity index is 3.02. The van der Waals surface area contributed by atoms with E-state index in [2.05, 4.69) is 4.74 Å². The molecule has 0 radical (unpaired) electrons. The van der Waals surface area contributed by atoms with E-state index >= 15 is 0 Å². The molecule has 1 aromatic carbocycles. The Hall–Kier alpha value is -0.950. The molecular weight excluding hydrogens is 281 g/mol. The number of ether oxygens (including phenoxy) is 1. The van der Waals surface area contributed by atoms with Gasteiger partial charge < -0.3 is 4.74 Å². The van der Waals surface area contributed by atoms with Crippen molar-refractivity contribution in [2.24, 2.45) is 0 Å². The normalized spacial score (nSPS) is 12.5. The predicted molar refractivity (Wildman–Crippen MR) is 55.9 cm³/mol. The molecule has 1 aromatic rings. The number of hydrogen-bond donors (Lipinski definition) is 0. The van der Waals surface area contributed by atoms with E-state index in [4.69, 9.17) is 11.6 Å². The van der Waals surface area contributed by atoms with Crippen molar-refractivity contribution >= 4 is 21.4 Å². The molecule has 0 aliphatic carbocycles. The predicted octanol–water partition coefficient (Wildman–Crippen LogP) is 2.60. The maximum absolute atomic E-state index is 11.9. The van der Waals surface area contributed by atoms with Gasteiger partial charge in [0.2, 0.25) is 0 Å². The fraction of sp³-hybridized carbons (Fsp3) is 0.333. The molecule has 0 fully saturated rings. The minimum atomic E-state index is -4.85. The van der Waals surface area contributed by atoms with Crippen LogP contribution in [0.1, 0.15) is 0 Å². The van der Waals surface area contributed by atoms with Gasteiger partial charge >= 0.3 is 6.36 Å². The van der Waals surface area contributed by atoms with Crippen LogP contribution in [0.4, 0.5) is 13.2 Å². The highest BCUT2D eigenvalue weighted by atomic mass is 35.5. The maximum Gasteiger partial charge on any atom is 0.573 e. The van der Waals surface area contributed by atoms with Crippen molar-refractivity contribution in [3.63, 3.8) is 0 Å². The monoisotopic (exact) mass is 288 g/mol.